The second-order valence-electron chi connectivity index (χ2n) is 5.57. The summed E-state index contributed by atoms with van der Waals surface area (Å²) in [5.74, 6) is 0.974. The van der Waals surface area contributed by atoms with E-state index in [-0.39, 0.29) is 5.91 Å². The summed E-state index contributed by atoms with van der Waals surface area (Å²) in [4.78, 5) is 19.2. The number of amides is 1. The van der Waals surface area contributed by atoms with Gasteiger partial charge in [-0.1, -0.05) is 0 Å². The standard InChI is InChI=1S/C17H21N3O4S/c1-22-13-7-12(8-14(9-13)23-2)18-17(21)15-11-25-16(19-15)10-20-3-5-24-6-4-20/h7-9,11H,3-6,10H2,1-2H3,(H,18,21). The minimum absolute atomic E-state index is 0.250. The fraction of sp³-hybridized carbons (Fsp3) is 0.412. The molecule has 1 fully saturated rings. The molecule has 1 amide bonds. The van der Waals surface area contributed by atoms with Crippen LogP contribution in [-0.4, -0.2) is 56.3 Å². The van der Waals surface area contributed by atoms with Crippen molar-refractivity contribution in [3.05, 3.63) is 34.3 Å². The Balaban J connectivity index is 1.65. The predicted molar refractivity (Wildman–Crippen MR) is 95.7 cm³/mol. The van der Waals surface area contributed by atoms with Gasteiger partial charge < -0.3 is 19.5 Å². The van der Waals surface area contributed by atoms with Gasteiger partial charge in [0.2, 0.25) is 0 Å². The summed E-state index contributed by atoms with van der Waals surface area (Å²) in [6.07, 6.45) is 0. The van der Waals surface area contributed by atoms with Crippen molar-refractivity contribution < 1.29 is 19.0 Å². The van der Waals surface area contributed by atoms with Crippen LogP contribution in [0.3, 0.4) is 0 Å². The normalized spacial score (nSPS) is 15.0. The van der Waals surface area contributed by atoms with Gasteiger partial charge in [-0.05, 0) is 0 Å². The van der Waals surface area contributed by atoms with E-state index in [1.165, 1.54) is 11.3 Å². The molecule has 3 rings (SSSR count). The molecule has 0 saturated carbocycles. The van der Waals surface area contributed by atoms with Gasteiger partial charge in [0.25, 0.3) is 5.91 Å². The number of anilines is 1. The molecular weight excluding hydrogens is 342 g/mol. The molecule has 0 atom stereocenters. The molecule has 0 aliphatic carbocycles. The zero-order valence-corrected chi connectivity index (χ0v) is 15.1. The maximum absolute atomic E-state index is 12.4. The third-order valence-electron chi connectivity index (χ3n) is 3.86. The zero-order valence-electron chi connectivity index (χ0n) is 14.3. The number of benzene rings is 1. The van der Waals surface area contributed by atoms with Crippen LogP contribution in [0.15, 0.2) is 23.6 Å². The molecule has 7 nitrogen and oxygen atoms in total. The fourth-order valence-electron chi connectivity index (χ4n) is 2.51. The molecule has 134 valence electrons. The molecule has 1 aromatic carbocycles. The first-order valence-corrected chi connectivity index (χ1v) is 8.85. The van der Waals surface area contributed by atoms with Crippen molar-refractivity contribution in [2.75, 3.05) is 45.8 Å². The Morgan fingerprint density at radius 1 is 1.24 bits per heavy atom. The number of ether oxygens (including phenoxy) is 3. The van der Waals surface area contributed by atoms with Gasteiger partial charge in [0.15, 0.2) is 0 Å². The van der Waals surface area contributed by atoms with Crippen LogP contribution in [0.1, 0.15) is 15.5 Å². The Hall–Kier alpha value is -2.16. The highest BCUT2D eigenvalue weighted by atomic mass is 32.1. The first-order valence-electron chi connectivity index (χ1n) is 7.97. The summed E-state index contributed by atoms with van der Waals surface area (Å²) in [5.41, 5.74) is 1.01. The van der Waals surface area contributed by atoms with E-state index in [2.05, 4.69) is 15.2 Å². The lowest BCUT2D eigenvalue weighted by Gasteiger charge is -2.25. The first-order chi connectivity index (χ1) is 12.2. The topological polar surface area (TPSA) is 72.9 Å². The Morgan fingerprint density at radius 3 is 2.56 bits per heavy atom. The van der Waals surface area contributed by atoms with Gasteiger partial charge in [-0.25, -0.2) is 4.98 Å². The maximum Gasteiger partial charge on any atom is 0.275 e. The van der Waals surface area contributed by atoms with Gasteiger partial charge >= 0.3 is 0 Å². The van der Waals surface area contributed by atoms with E-state index < -0.39 is 0 Å². The minimum atomic E-state index is -0.250. The van der Waals surface area contributed by atoms with E-state index >= 15 is 0 Å². The van der Waals surface area contributed by atoms with Gasteiger partial charge in [0.1, 0.15) is 22.2 Å². The summed E-state index contributed by atoms with van der Waals surface area (Å²) < 4.78 is 15.8. The van der Waals surface area contributed by atoms with Crippen LogP contribution in [0.4, 0.5) is 5.69 Å². The van der Waals surface area contributed by atoms with Crippen molar-refractivity contribution in [1.82, 2.24) is 9.88 Å². The van der Waals surface area contributed by atoms with Crippen LogP contribution < -0.4 is 14.8 Å². The van der Waals surface area contributed by atoms with Gasteiger partial charge in [0, 0.05) is 42.4 Å². The van der Waals surface area contributed by atoms with Crippen LogP contribution in [0.25, 0.3) is 0 Å². The van der Waals surface area contributed by atoms with Gasteiger partial charge in [-0.3, -0.25) is 9.69 Å². The summed E-state index contributed by atoms with van der Waals surface area (Å²) in [6, 6.07) is 5.22. The number of hydrogen-bond donors (Lipinski definition) is 1. The van der Waals surface area contributed by atoms with Crippen LogP contribution in [0.2, 0.25) is 0 Å². The van der Waals surface area contributed by atoms with E-state index in [0.29, 0.717) is 22.9 Å². The number of thiazole rings is 1. The average Bonchev–Trinajstić information content (AvgIpc) is 3.10. The summed E-state index contributed by atoms with van der Waals surface area (Å²) in [6.45, 7) is 4.02. The molecule has 0 unspecified atom stereocenters. The SMILES string of the molecule is COc1cc(NC(=O)c2csc(CN3CCOCC3)n2)cc(OC)c1. The lowest BCUT2D eigenvalue weighted by molar-refractivity contribution is 0.0341. The van der Waals surface area contributed by atoms with Crippen molar-refractivity contribution in [1.29, 1.82) is 0 Å². The molecule has 2 aromatic rings. The van der Waals surface area contributed by atoms with Crippen molar-refractivity contribution in [2.45, 2.75) is 6.54 Å². The molecule has 0 spiro atoms. The second-order valence-corrected chi connectivity index (χ2v) is 6.51. The van der Waals surface area contributed by atoms with Gasteiger partial charge in [0.05, 0.1) is 34.0 Å². The molecule has 25 heavy (non-hydrogen) atoms. The van der Waals surface area contributed by atoms with Crippen molar-refractivity contribution in [3.63, 3.8) is 0 Å². The van der Waals surface area contributed by atoms with E-state index in [0.717, 1.165) is 37.9 Å². The average molecular weight is 363 g/mol. The van der Waals surface area contributed by atoms with Crippen LogP contribution >= 0.6 is 11.3 Å². The highest BCUT2D eigenvalue weighted by molar-refractivity contribution is 7.09. The number of hydrogen-bond acceptors (Lipinski definition) is 7. The van der Waals surface area contributed by atoms with Crippen molar-refractivity contribution in [2.24, 2.45) is 0 Å². The van der Waals surface area contributed by atoms with E-state index in [9.17, 15) is 4.79 Å². The minimum Gasteiger partial charge on any atom is -0.497 e. The van der Waals surface area contributed by atoms with Gasteiger partial charge in [-0.2, -0.15) is 0 Å². The highest BCUT2D eigenvalue weighted by Crippen LogP contribution is 2.26. The number of nitrogens with one attached hydrogen (secondary N) is 1. The predicted octanol–water partition coefficient (Wildman–Crippen LogP) is 2.24. The number of rotatable bonds is 6. The van der Waals surface area contributed by atoms with Gasteiger partial charge in [-0.15, -0.1) is 11.3 Å². The number of nitrogens with zero attached hydrogens (tertiary/aromatic N) is 2. The first kappa shape index (κ1) is 17.7. The number of carbonyl (C=O) groups is 1. The fourth-order valence-corrected chi connectivity index (χ4v) is 3.33. The summed E-state index contributed by atoms with van der Waals surface area (Å²) in [5, 5.41) is 5.54. The monoisotopic (exact) mass is 363 g/mol. The Morgan fingerprint density at radius 2 is 1.92 bits per heavy atom. The van der Waals surface area contributed by atoms with Crippen molar-refractivity contribution >= 4 is 22.9 Å². The second kappa shape index (κ2) is 8.28. The third kappa shape index (κ3) is 4.68. The lowest BCUT2D eigenvalue weighted by atomic mass is 10.2. The van der Waals surface area contributed by atoms with E-state index in [1.807, 2.05) is 0 Å². The van der Waals surface area contributed by atoms with Crippen molar-refractivity contribution in [3.8, 4) is 11.5 Å². The molecule has 1 aliphatic rings. The molecule has 1 aromatic heterocycles. The van der Waals surface area contributed by atoms with Crippen LogP contribution in [-0.2, 0) is 11.3 Å². The largest absolute Gasteiger partial charge is 0.497 e. The maximum atomic E-state index is 12.4. The smallest absolute Gasteiger partial charge is 0.275 e. The number of methoxy groups -OCH3 is 2. The zero-order chi connectivity index (χ0) is 17.6. The van der Waals surface area contributed by atoms with Crippen LogP contribution in [0.5, 0.6) is 11.5 Å². The van der Waals surface area contributed by atoms with Crippen LogP contribution in [0, 0.1) is 0 Å². The number of morpholine rings is 1. The molecule has 0 bridgehead atoms. The Bertz CT molecular complexity index is 706. The quantitative estimate of drug-likeness (QED) is 0.849. The molecular formula is C17H21N3O4S. The lowest BCUT2D eigenvalue weighted by Crippen LogP contribution is -2.35. The summed E-state index contributed by atoms with van der Waals surface area (Å²) in [7, 11) is 3.14. The molecule has 0 radical (unpaired) electrons. The molecule has 1 N–H and O–H groups in total. The van der Waals surface area contributed by atoms with E-state index in [4.69, 9.17) is 14.2 Å². The van der Waals surface area contributed by atoms with E-state index in [1.54, 1.807) is 37.8 Å². The Labute approximate surface area is 150 Å². The summed E-state index contributed by atoms with van der Waals surface area (Å²) >= 11 is 1.49. The number of aromatic nitrogens is 1. The molecule has 1 aliphatic heterocycles. The highest BCUT2D eigenvalue weighted by Gasteiger charge is 2.16. The Kier molecular flexibility index (Phi) is 5.85. The third-order valence-corrected chi connectivity index (χ3v) is 4.69. The molecule has 2 heterocycles. The number of carbonyl (C=O) groups excluding carboxylic acids is 1. The molecule has 8 heteroatoms. The molecule has 1 saturated heterocycles.